The minimum atomic E-state index is 0.272. The van der Waals surface area contributed by atoms with Gasteiger partial charge in [0.05, 0.1) is 17.6 Å². The summed E-state index contributed by atoms with van der Waals surface area (Å²) in [5, 5.41) is 15.3. The van der Waals surface area contributed by atoms with E-state index in [1.54, 1.807) is 6.92 Å². The molecular weight excluding hydrogens is 414 g/mol. The lowest BCUT2D eigenvalue weighted by atomic mass is 10.0. The summed E-state index contributed by atoms with van der Waals surface area (Å²) in [6.07, 6.45) is 8.23. The first kappa shape index (κ1) is 21.6. The van der Waals surface area contributed by atoms with Gasteiger partial charge in [0, 0.05) is 54.5 Å². The minimum Gasteiger partial charge on any atom is -0.512 e. The molecule has 0 spiro atoms. The van der Waals surface area contributed by atoms with Crippen LogP contribution in [0.15, 0.2) is 29.5 Å². The highest BCUT2D eigenvalue weighted by molar-refractivity contribution is 5.62. The maximum absolute atomic E-state index is 10.4. The highest BCUT2D eigenvalue weighted by Gasteiger charge is 2.24. The van der Waals surface area contributed by atoms with Crippen molar-refractivity contribution >= 4 is 23.8 Å². The Bertz CT molecular complexity index is 1300. The van der Waals surface area contributed by atoms with E-state index < -0.39 is 0 Å². The third kappa shape index (κ3) is 4.11. The molecule has 3 aliphatic heterocycles. The quantitative estimate of drug-likeness (QED) is 0.640. The summed E-state index contributed by atoms with van der Waals surface area (Å²) >= 11 is 0. The van der Waals surface area contributed by atoms with Gasteiger partial charge in [-0.3, -0.25) is 0 Å². The molecule has 2 N–H and O–H groups in total. The molecule has 2 fully saturated rings. The van der Waals surface area contributed by atoms with Gasteiger partial charge in [-0.1, -0.05) is 19.4 Å². The number of fused-ring (bicyclic) bond motifs is 1. The number of nitrogens with zero attached hydrogens (tertiary/aromatic N) is 6. The lowest BCUT2D eigenvalue weighted by molar-refractivity contribution is 0.484. The Kier molecular flexibility index (Phi) is 5.85. The van der Waals surface area contributed by atoms with Crippen LogP contribution in [0.3, 0.4) is 0 Å². The number of pyridine rings is 2. The Hall–Kier alpha value is -3.26. The monoisotopic (exact) mass is 445 g/mol. The van der Waals surface area contributed by atoms with Crippen molar-refractivity contribution in [3.63, 3.8) is 0 Å². The van der Waals surface area contributed by atoms with Gasteiger partial charge in [0.25, 0.3) is 5.62 Å². The minimum absolute atomic E-state index is 0.272. The number of nitrogens with one attached hydrogen (secondary N) is 1. The number of aliphatic hydroxyl groups is 1. The maximum atomic E-state index is 10.4. The Morgan fingerprint density at radius 2 is 1.91 bits per heavy atom. The second-order valence-corrected chi connectivity index (χ2v) is 8.97. The normalized spacial score (nSPS) is 18.8. The number of piperazine rings is 1. The number of anilines is 1. The molecule has 0 aromatic carbocycles. The van der Waals surface area contributed by atoms with E-state index >= 15 is 0 Å². The molecule has 1 aromatic rings. The Balaban J connectivity index is 1.60. The number of aromatic nitrogens is 4. The second-order valence-electron chi connectivity index (χ2n) is 8.97. The van der Waals surface area contributed by atoms with Gasteiger partial charge in [-0.2, -0.15) is 9.98 Å². The van der Waals surface area contributed by atoms with Crippen molar-refractivity contribution in [2.45, 2.75) is 45.6 Å². The van der Waals surface area contributed by atoms with Crippen LogP contribution in [0.4, 0.5) is 11.5 Å². The third-order valence-corrected chi connectivity index (χ3v) is 6.82. The van der Waals surface area contributed by atoms with Gasteiger partial charge in [0.1, 0.15) is 5.82 Å². The summed E-state index contributed by atoms with van der Waals surface area (Å²) in [5.41, 5.74) is 3.34. The standard InChI is InChI=1S/C25H31N7O/c1-16-21-15-28-25(29-22-9-8-20(14-27-22)31-12-10-26-11-13-31)30-24(21)32(19-6-4-5-7-19)17(2)23(16)18(3)33/h8-9,14-15,19,26,33H,2,4-7,10-13H2,1,3H3. The second kappa shape index (κ2) is 8.94. The van der Waals surface area contributed by atoms with Crippen LogP contribution in [-0.4, -0.2) is 50.8 Å². The molecule has 1 aromatic heterocycles. The van der Waals surface area contributed by atoms with E-state index in [-0.39, 0.29) is 5.76 Å². The van der Waals surface area contributed by atoms with Crippen LogP contribution in [-0.2, 0) is 0 Å². The van der Waals surface area contributed by atoms with Crippen LogP contribution >= 0.6 is 0 Å². The van der Waals surface area contributed by atoms with Crippen LogP contribution in [0.25, 0.3) is 23.7 Å². The van der Waals surface area contributed by atoms with Gasteiger partial charge in [-0.05, 0) is 44.4 Å². The Morgan fingerprint density at radius 1 is 1.15 bits per heavy atom. The summed E-state index contributed by atoms with van der Waals surface area (Å²) in [4.78, 5) is 20.8. The molecule has 0 amide bonds. The van der Waals surface area contributed by atoms with Crippen molar-refractivity contribution < 1.29 is 5.11 Å². The number of hydrogen-bond donors (Lipinski definition) is 2. The predicted octanol–water partition coefficient (Wildman–Crippen LogP) is 1.94. The van der Waals surface area contributed by atoms with Gasteiger partial charge in [0.2, 0.25) is 0 Å². The first-order valence-corrected chi connectivity index (χ1v) is 11.8. The van der Waals surface area contributed by atoms with Crippen molar-refractivity contribution in [1.29, 1.82) is 0 Å². The van der Waals surface area contributed by atoms with E-state index in [1.807, 2.05) is 25.4 Å². The molecule has 4 heterocycles. The van der Waals surface area contributed by atoms with Crippen molar-refractivity contribution in [3.8, 4) is 11.4 Å². The van der Waals surface area contributed by atoms with Crippen molar-refractivity contribution in [2.75, 3.05) is 31.1 Å². The molecule has 0 unspecified atom stereocenters. The largest absolute Gasteiger partial charge is 0.512 e. The molecule has 4 aliphatic rings. The first-order valence-electron chi connectivity index (χ1n) is 11.8. The molecule has 1 saturated heterocycles. The fourth-order valence-corrected chi connectivity index (χ4v) is 5.16. The molecule has 0 radical (unpaired) electrons. The lowest BCUT2D eigenvalue weighted by Crippen LogP contribution is -2.43. The van der Waals surface area contributed by atoms with Gasteiger partial charge in [0.15, 0.2) is 5.82 Å². The lowest BCUT2D eigenvalue weighted by Gasteiger charge is -2.29. The van der Waals surface area contributed by atoms with E-state index in [9.17, 15) is 5.11 Å². The molecule has 8 nitrogen and oxygen atoms in total. The summed E-state index contributed by atoms with van der Waals surface area (Å²) in [7, 11) is 0. The van der Waals surface area contributed by atoms with E-state index in [0.29, 0.717) is 17.5 Å². The van der Waals surface area contributed by atoms with Gasteiger partial charge in [-0.15, -0.1) is 0 Å². The molecule has 0 atom stereocenters. The average Bonchev–Trinajstić information content (AvgIpc) is 3.34. The maximum Gasteiger partial charge on any atom is 0.253 e. The molecule has 33 heavy (non-hydrogen) atoms. The zero-order valence-corrected chi connectivity index (χ0v) is 19.4. The van der Waals surface area contributed by atoms with Crippen LogP contribution < -0.4 is 26.4 Å². The molecule has 5 rings (SSSR count). The molecule has 0 bridgehead atoms. The van der Waals surface area contributed by atoms with Gasteiger partial charge >= 0.3 is 0 Å². The predicted molar refractivity (Wildman–Crippen MR) is 130 cm³/mol. The van der Waals surface area contributed by atoms with E-state index in [1.165, 1.54) is 12.8 Å². The summed E-state index contributed by atoms with van der Waals surface area (Å²) in [6.45, 7) is 12.0. The molecule has 1 aliphatic carbocycles. The van der Waals surface area contributed by atoms with Crippen molar-refractivity contribution in [3.05, 3.63) is 46.3 Å². The first-order chi connectivity index (χ1) is 16.0. The van der Waals surface area contributed by atoms with Crippen LogP contribution in [0.5, 0.6) is 0 Å². The fourth-order valence-electron chi connectivity index (χ4n) is 5.16. The molecule has 8 heteroatoms. The fraction of sp³-hybridized carbons (Fsp3) is 0.440. The Labute approximate surface area is 193 Å². The zero-order valence-electron chi connectivity index (χ0n) is 19.4. The number of aliphatic hydroxyl groups excluding tert-OH is 1. The van der Waals surface area contributed by atoms with Crippen LogP contribution in [0.1, 0.15) is 44.2 Å². The van der Waals surface area contributed by atoms with Crippen LogP contribution in [0, 0.1) is 6.92 Å². The number of rotatable bonds is 3. The van der Waals surface area contributed by atoms with E-state index in [2.05, 4.69) is 42.4 Å². The smallest absolute Gasteiger partial charge is 0.253 e. The highest BCUT2D eigenvalue weighted by atomic mass is 16.3. The number of hydrogen-bond acceptors (Lipinski definition) is 7. The molecular formula is C25H31N7O. The average molecular weight is 446 g/mol. The molecule has 172 valence electrons. The summed E-state index contributed by atoms with van der Waals surface area (Å²) < 4.78 is 2.19. The SMILES string of the molecule is C=c1c(=C(C)O)c(C)c2cnc(=Nc3ccc(N4CCNCC4)cn3)nc-2n1C1CCCC1. The highest BCUT2D eigenvalue weighted by Crippen LogP contribution is 2.31. The Morgan fingerprint density at radius 3 is 2.58 bits per heavy atom. The molecule has 1 saturated carbocycles. The summed E-state index contributed by atoms with van der Waals surface area (Å²) in [5.74, 6) is 1.68. The van der Waals surface area contributed by atoms with Gasteiger partial charge in [-0.25, -0.2) is 9.97 Å². The van der Waals surface area contributed by atoms with Gasteiger partial charge < -0.3 is 19.9 Å². The van der Waals surface area contributed by atoms with E-state index in [0.717, 1.165) is 72.2 Å². The van der Waals surface area contributed by atoms with Crippen LogP contribution in [0.2, 0.25) is 0 Å². The topological polar surface area (TPSA) is 91.5 Å². The third-order valence-electron chi connectivity index (χ3n) is 6.82. The van der Waals surface area contributed by atoms with E-state index in [4.69, 9.17) is 4.98 Å². The summed E-state index contributed by atoms with van der Waals surface area (Å²) in [6, 6.07) is 4.29. The zero-order chi connectivity index (χ0) is 22.9. The van der Waals surface area contributed by atoms with Crippen molar-refractivity contribution in [2.24, 2.45) is 4.99 Å². The van der Waals surface area contributed by atoms with Crippen molar-refractivity contribution in [1.82, 2.24) is 24.8 Å².